The van der Waals surface area contributed by atoms with Crippen LogP contribution in [0.5, 0.6) is 5.75 Å². The molecule has 1 heterocycles. The van der Waals surface area contributed by atoms with Gasteiger partial charge >= 0.3 is 6.03 Å². The summed E-state index contributed by atoms with van der Waals surface area (Å²) in [4.78, 5) is 11.9. The van der Waals surface area contributed by atoms with E-state index < -0.39 is 0 Å². The van der Waals surface area contributed by atoms with E-state index in [2.05, 4.69) is 10.6 Å². The highest BCUT2D eigenvalue weighted by molar-refractivity contribution is 5.74. The highest BCUT2D eigenvalue weighted by atomic mass is 19.1. The van der Waals surface area contributed by atoms with Crippen LogP contribution in [0.1, 0.15) is 11.1 Å². The van der Waals surface area contributed by atoms with Crippen molar-refractivity contribution in [2.45, 2.75) is 19.0 Å². The van der Waals surface area contributed by atoms with Gasteiger partial charge < -0.3 is 15.4 Å². The highest BCUT2D eigenvalue weighted by Gasteiger charge is 2.20. The van der Waals surface area contributed by atoms with Crippen LogP contribution in [0.15, 0.2) is 48.5 Å². The largest absolute Gasteiger partial charge is 0.491 e. The summed E-state index contributed by atoms with van der Waals surface area (Å²) in [6, 6.07) is 13.6. The maximum absolute atomic E-state index is 12.8. The minimum absolute atomic E-state index is 0.0527. The Morgan fingerprint density at radius 2 is 1.95 bits per heavy atom. The number of para-hydroxylation sites is 1. The van der Waals surface area contributed by atoms with Crippen LogP contribution in [0.2, 0.25) is 0 Å². The fraction of sp³-hybridized carbons (Fsp3) is 0.235. The lowest BCUT2D eigenvalue weighted by Gasteiger charge is -2.26. The van der Waals surface area contributed by atoms with Crippen molar-refractivity contribution >= 4 is 6.03 Å². The van der Waals surface area contributed by atoms with E-state index in [4.69, 9.17) is 4.74 Å². The summed E-state index contributed by atoms with van der Waals surface area (Å²) in [5.41, 5.74) is 1.94. The molecule has 0 radical (unpaired) electrons. The van der Waals surface area contributed by atoms with Crippen molar-refractivity contribution in [3.63, 3.8) is 0 Å². The lowest BCUT2D eigenvalue weighted by Crippen LogP contribution is -2.47. The number of urea groups is 1. The third-order valence-corrected chi connectivity index (χ3v) is 3.58. The first-order chi connectivity index (χ1) is 10.7. The Balaban J connectivity index is 1.49. The van der Waals surface area contributed by atoms with E-state index in [1.54, 1.807) is 12.1 Å². The van der Waals surface area contributed by atoms with Crippen LogP contribution in [-0.2, 0) is 13.0 Å². The summed E-state index contributed by atoms with van der Waals surface area (Å²) in [5, 5.41) is 5.65. The zero-order chi connectivity index (χ0) is 15.4. The average Bonchev–Trinajstić information content (AvgIpc) is 2.54. The molecule has 0 aromatic heterocycles. The van der Waals surface area contributed by atoms with Crippen LogP contribution in [0.3, 0.4) is 0 Å². The quantitative estimate of drug-likeness (QED) is 0.915. The van der Waals surface area contributed by atoms with Crippen molar-refractivity contribution in [1.29, 1.82) is 0 Å². The molecule has 22 heavy (non-hydrogen) atoms. The molecule has 0 aliphatic carbocycles. The maximum atomic E-state index is 12.8. The van der Waals surface area contributed by atoms with Crippen LogP contribution in [-0.4, -0.2) is 18.7 Å². The van der Waals surface area contributed by atoms with Crippen molar-refractivity contribution in [1.82, 2.24) is 10.6 Å². The fourth-order valence-corrected chi connectivity index (χ4v) is 2.44. The lowest BCUT2D eigenvalue weighted by molar-refractivity contribution is 0.214. The smallest absolute Gasteiger partial charge is 0.315 e. The summed E-state index contributed by atoms with van der Waals surface area (Å²) in [5.74, 6) is 0.596. The topological polar surface area (TPSA) is 50.4 Å². The van der Waals surface area contributed by atoms with E-state index in [-0.39, 0.29) is 17.9 Å². The van der Waals surface area contributed by atoms with E-state index in [0.29, 0.717) is 13.2 Å². The Morgan fingerprint density at radius 1 is 1.18 bits per heavy atom. The third kappa shape index (κ3) is 3.55. The molecular formula is C17H17FN2O2. The molecular weight excluding hydrogens is 283 g/mol. The van der Waals surface area contributed by atoms with Gasteiger partial charge in [-0.2, -0.15) is 0 Å². The van der Waals surface area contributed by atoms with Gasteiger partial charge in [-0.25, -0.2) is 9.18 Å². The van der Waals surface area contributed by atoms with Crippen molar-refractivity contribution in [2.75, 3.05) is 6.61 Å². The fourth-order valence-electron chi connectivity index (χ4n) is 2.44. The summed E-state index contributed by atoms with van der Waals surface area (Å²) in [7, 11) is 0. The van der Waals surface area contributed by atoms with Gasteiger partial charge in [0.15, 0.2) is 0 Å². The molecule has 5 heteroatoms. The number of hydrogen-bond acceptors (Lipinski definition) is 2. The van der Waals surface area contributed by atoms with Gasteiger partial charge in [0.1, 0.15) is 18.2 Å². The van der Waals surface area contributed by atoms with Gasteiger partial charge in [0.05, 0.1) is 6.04 Å². The van der Waals surface area contributed by atoms with Crippen LogP contribution < -0.4 is 15.4 Å². The molecule has 0 unspecified atom stereocenters. The first-order valence-corrected chi connectivity index (χ1v) is 7.20. The Morgan fingerprint density at radius 3 is 2.77 bits per heavy atom. The Labute approximate surface area is 128 Å². The predicted octanol–water partition coefficient (Wildman–Crippen LogP) is 2.63. The number of amides is 2. The molecule has 0 fully saturated rings. The number of benzene rings is 2. The average molecular weight is 300 g/mol. The molecule has 4 nitrogen and oxygen atoms in total. The second-order valence-corrected chi connectivity index (χ2v) is 5.27. The normalized spacial score (nSPS) is 16.3. The molecule has 2 aromatic rings. The monoisotopic (exact) mass is 300 g/mol. The number of halogens is 1. The second kappa shape index (κ2) is 6.47. The molecule has 3 rings (SSSR count). The van der Waals surface area contributed by atoms with Crippen molar-refractivity contribution in [2.24, 2.45) is 0 Å². The second-order valence-electron chi connectivity index (χ2n) is 5.27. The number of nitrogens with one attached hydrogen (secondary N) is 2. The summed E-state index contributed by atoms with van der Waals surface area (Å²) < 4.78 is 18.4. The standard InChI is InChI=1S/C17H17FN2O2/c18-14-7-5-12(6-8-14)10-19-17(21)20-15-9-13-3-1-2-4-16(13)22-11-15/h1-8,15H,9-11H2,(H2,19,20,21)/t15-/m0/s1. The highest BCUT2D eigenvalue weighted by Crippen LogP contribution is 2.23. The molecule has 114 valence electrons. The number of carbonyl (C=O) groups excluding carboxylic acids is 1. The molecule has 0 bridgehead atoms. The van der Waals surface area contributed by atoms with Crippen molar-refractivity contribution in [3.8, 4) is 5.75 Å². The minimum Gasteiger partial charge on any atom is -0.491 e. The summed E-state index contributed by atoms with van der Waals surface area (Å²) >= 11 is 0. The summed E-state index contributed by atoms with van der Waals surface area (Å²) in [6.07, 6.45) is 0.750. The zero-order valence-corrected chi connectivity index (χ0v) is 12.0. The van der Waals surface area contributed by atoms with E-state index in [1.165, 1.54) is 12.1 Å². The van der Waals surface area contributed by atoms with Gasteiger partial charge in [-0.1, -0.05) is 30.3 Å². The SMILES string of the molecule is O=C(NCc1ccc(F)cc1)N[C@@H]1COc2ccccc2C1. The van der Waals surface area contributed by atoms with E-state index in [1.807, 2.05) is 24.3 Å². The van der Waals surface area contributed by atoms with Crippen molar-refractivity contribution in [3.05, 3.63) is 65.5 Å². The van der Waals surface area contributed by atoms with Gasteiger partial charge in [-0.05, 0) is 35.7 Å². The predicted molar refractivity (Wildman–Crippen MR) is 81.2 cm³/mol. The van der Waals surface area contributed by atoms with E-state index in [9.17, 15) is 9.18 Å². The van der Waals surface area contributed by atoms with Gasteiger partial charge in [0, 0.05) is 6.54 Å². The maximum Gasteiger partial charge on any atom is 0.315 e. The first-order valence-electron chi connectivity index (χ1n) is 7.20. The molecule has 2 aromatic carbocycles. The van der Waals surface area contributed by atoms with Crippen molar-refractivity contribution < 1.29 is 13.9 Å². The van der Waals surface area contributed by atoms with Crippen LogP contribution in [0.4, 0.5) is 9.18 Å². The number of hydrogen-bond donors (Lipinski definition) is 2. The number of rotatable bonds is 3. The minimum atomic E-state index is -0.286. The van der Waals surface area contributed by atoms with Gasteiger partial charge in [0.2, 0.25) is 0 Å². The van der Waals surface area contributed by atoms with Crippen LogP contribution >= 0.6 is 0 Å². The Hall–Kier alpha value is -2.56. The molecule has 1 aliphatic rings. The van der Waals surface area contributed by atoms with Crippen LogP contribution in [0, 0.1) is 5.82 Å². The van der Waals surface area contributed by atoms with E-state index >= 15 is 0 Å². The molecule has 1 atom stereocenters. The Kier molecular flexibility index (Phi) is 4.23. The molecule has 0 saturated heterocycles. The number of carbonyl (C=O) groups is 1. The zero-order valence-electron chi connectivity index (χ0n) is 12.0. The first kappa shape index (κ1) is 14.4. The van der Waals surface area contributed by atoms with E-state index in [0.717, 1.165) is 23.3 Å². The molecule has 2 amide bonds. The molecule has 0 saturated carbocycles. The third-order valence-electron chi connectivity index (χ3n) is 3.58. The molecule has 0 spiro atoms. The molecule has 2 N–H and O–H groups in total. The summed E-state index contributed by atoms with van der Waals surface area (Å²) in [6.45, 7) is 0.817. The number of fused-ring (bicyclic) bond motifs is 1. The Bertz CT molecular complexity index is 658. The van der Waals surface area contributed by atoms with Gasteiger partial charge in [-0.15, -0.1) is 0 Å². The van der Waals surface area contributed by atoms with Gasteiger partial charge in [-0.3, -0.25) is 0 Å². The van der Waals surface area contributed by atoms with Gasteiger partial charge in [0.25, 0.3) is 0 Å². The van der Waals surface area contributed by atoms with Crippen LogP contribution in [0.25, 0.3) is 0 Å². The number of ether oxygens (including phenoxy) is 1. The molecule has 1 aliphatic heterocycles. The lowest BCUT2D eigenvalue weighted by atomic mass is 10.0.